The minimum atomic E-state index is -0.639. The van der Waals surface area contributed by atoms with Crippen molar-refractivity contribution in [3.05, 3.63) is 138 Å². The third-order valence-electron chi connectivity index (χ3n) is 15.0. The first-order valence-electron chi connectivity index (χ1n) is 34.5. The second kappa shape index (κ2) is 46.8. The second-order valence-corrected chi connectivity index (χ2v) is 23.4. The molecule has 107 heavy (non-hydrogen) atoms. The van der Waals surface area contributed by atoms with Gasteiger partial charge in [0.05, 0.1) is 130 Å². The van der Waals surface area contributed by atoms with E-state index >= 15 is 0 Å². The molecule has 5 heterocycles. The molecule has 0 aliphatic rings. The Morgan fingerprint density at radius 1 is 0.364 bits per heavy atom. The van der Waals surface area contributed by atoms with Crippen molar-refractivity contribution in [2.75, 3.05) is 178 Å². The van der Waals surface area contributed by atoms with E-state index in [0.717, 1.165) is 5.56 Å². The topological polar surface area (TPSA) is 427 Å². The van der Waals surface area contributed by atoms with Gasteiger partial charge in [0, 0.05) is 124 Å². The number of amides is 9. The fourth-order valence-corrected chi connectivity index (χ4v) is 9.63. The number of hydrogen-bond acceptors (Lipinski definition) is 23. The maximum atomic E-state index is 13.3. The summed E-state index contributed by atoms with van der Waals surface area (Å²) in [6, 6.07) is 19.4. The number of aromatic nitrogens is 8. The summed E-state index contributed by atoms with van der Waals surface area (Å²) in [5.41, 5.74) is 2.56. The first kappa shape index (κ1) is 83.4. The van der Waals surface area contributed by atoms with Crippen LogP contribution in [-0.4, -0.2) is 243 Å². The number of nitrogens with one attached hydrogen (secondary N) is 9. The molecular weight excluding hydrogens is 1400 g/mol. The van der Waals surface area contributed by atoms with Crippen LogP contribution in [-0.2, 0) is 104 Å². The molecule has 0 atom stereocenters. The average Bonchev–Trinajstić information content (AvgIpc) is 1.70. The van der Waals surface area contributed by atoms with Gasteiger partial charge in [-0.1, -0.05) is 30.3 Å². The summed E-state index contributed by atoms with van der Waals surface area (Å²) in [5.74, 6) is -2.98. The number of ether oxygens (including phenoxy) is 11. The van der Waals surface area contributed by atoms with Crippen LogP contribution in [0.25, 0.3) is 0 Å². The third kappa shape index (κ3) is 31.4. The highest BCUT2D eigenvalue weighted by Gasteiger charge is 2.22. The zero-order valence-electron chi connectivity index (χ0n) is 60.6. The van der Waals surface area contributed by atoms with Gasteiger partial charge in [-0.15, -0.1) is 0 Å². The summed E-state index contributed by atoms with van der Waals surface area (Å²) >= 11 is 0. The SMILES string of the molecule is Cn1cc(NC(=O)c2nc(NC(=O)CCNC(=O)c3cc(NC(=O)c4nccn4C)cn3C)cn2C)cc1C(=O)NCCC(=O)Nc1cn(C)c(C(=O)NCCC(=O)NCCOCCOCCOCCOCCOCCOCCOCCOCCOCCOc2ccc(NC(=O)OCc3ccccc3)cc2)n1. The monoisotopic (exact) mass is 1490 g/mol. The van der Waals surface area contributed by atoms with Crippen LogP contribution in [0.15, 0.2) is 104 Å². The molecule has 7 rings (SSSR count). The first-order chi connectivity index (χ1) is 51.9. The van der Waals surface area contributed by atoms with E-state index < -0.39 is 47.4 Å². The van der Waals surface area contributed by atoms with Crippen molar-refractivity contribution in [1.29, 1.82) is 0 Å². The molecule has 0 saturated heterocycles. The van der Waals surface area contributed by atoms with Crippen LogP contribution in [0, 0.1) is 0 Å². The quantitative estimate of drug-likeness (QED) is 0.0248. The molecule has 2 aromatic carbocycles. The van der Waals surface area contributed by atoms with Crippen molar-refractivity contribution in [1.82, 2.24) is 59.1 Å². The Bertz CT molecular complexity index is 3930. The molecule has 9 amide bonds. The second-order valence-electron chi connectivity index (χ2n) is 23.4. The highest BCUT2D eigenvalue weighted by Crippen LogP contribution is 2.19. The molecule has 0 radical (unpaired) electrons. The molecule has 37 nitrogen and oxygen atoms in total. The van der Waals surface area contributed by atoms with Crippen LogP contribution >= 0.6 is 0 Å². The zero-order valence-corrected chi connectivity index (χ0v) is 60.6. The first-order valence-corrected chi connectivity index (χ1v) is 34.5. The van der Waals surface area contributed by atoms with Crippen molar-refractivity contribution in [2.45, 2.75) is 25.9 Å². The van der Waals surface area contributed by atoms with Gasteiger partial charge in [-0.05, 0) is 42.0 Å². The Morgan fingerprint density at radius 3 is 1.22 bits per heavy atom. The van der Waals surface area contributed by atoms with Gasteiger partial charge in [0.25, 0.3) is 29.5 Å². The predicted octanol–water partition coefficient (Wildman–Crippen LogP) is 2.80. The molecule has 0 bridgehead atoms. The van der Waals surface area contributed by atoms with Gasteiger partial charge in [-0.2, -0.15) is 0 Å². The van der Waals surface area contributed by atoms with E-state index in [1.165, 1.54) is 55.2 Å². The number of rotatable bonds is 52. The van der Waals surface area contributed by atoms with E-state index in [1.54, 1.807) is 76.5 Å². The number of carbonyl (C=O) groups is 9. The summed E-state index contributed by atoms with van der Waals surface area (Å²) in [5, 5.41) is 24.0. The molecule has 5 aromatic heterocycles. The number of nitrogens with zero attached hydrogens (tertiary/aromatic N) is 8. The highest BCUT2D eigenvalue weighted by atomic mass is 16.6. The van der Waals surface area contributed by atoms with E-state index in [0.29, 0.717) is 136 Å². The van der Waals surface area contributed by atoms with Gasteiger partial charge in [0.1, 0.15) is 30.4 Å². The van der Waals surface area contributed by atoms with E-state index in [1.807, 2.05) is 30.3 Å². The van der Waals surface area contributed by atoms with Crippen molar-refractivity contribution >= 4 is 82.0 Å². The van der Waals surface area contributed by atoms with Crippen molar-refractivity contribution < 1.29 is 95.3 Å². The Hall–Kier alpha value is -10.9. The number of aryl methyl sites for hydroxylation is 5. The number of imidazole rings is 3. The molecule has 0 aliphatic heterocycles. The smallest absolute Gasteiger partial charge is 0.411 e. The van der Waals surface area contributed by atoms with Gasteiger partial charge in [-0.3, -0.25) is 43.7 Å². The van der Waals surface area contributed by atoms with E-state index in [4.69, 9.17) is 52.1 Å². The number of anilines is 5. The zero-order chi connectivity index (χ0) is 76.4. The lowest BCUT2D eigenvalue weighted by Crippen LogP contribution is -2.33. The van der Waals surface area contributed by atoms with Crippen LogP contribution < -0.4 is 52.6 Å². The van der Waals surface area contributed by atoms with Crippen LogP contribution in [0.5, 0.6) is 5.75 Å². The van der Waals surface area contributed by atoms with E-state index in [-0.39, 0.29) is 111 Å². The lowest BCUT2D eigenvalue weighted by molar-refractivity contribution is -0.121. The summed E-state index contributed by atoms with van der Waals surface area (Å²) in [6.07, 6.45) is 8.29. The number of benzene rings is 2. The molecule has 0 unspecified atom stereocenters. The minimum Gasteiger partial charge on any atom is -0.491 e. The van der Waals surface area contributed by atoms with Gasteiger partial charge in [0.2, 0.25) is 29.4 Å². The standard InChI is InChI=1S/C70H95N17O20/c1-83-23-21-72-62(83)68(94)76-52-43-55(84(2)45-52)65(91)73-20-17-61(90)80-58-48-87(5)64(82-58)69(95)77-53-44-56(85(3)46-53)66(92)74-19-16-60(89)79-57-47-86(4)63(81-57)67(93)75-18-15-59(88)71-22-24-97-25-26-98-27-28-99-29-30-100-31-32-101-33-34-102-35-36-103-37-38-104-39-40-105-41-42-106-54-13-11-51(12-14-54)78-70(96)107-49-50-9-7-6-8-10-50/h6-14,21,23,43-48H,15-20,22,24-42,49H2,1-5H3,(H,71,88)(H,73,91)(H,74,92)(H,75,93)(H,76,94)(H,77,95)(H,78,96)(H,79,89)(H,80,90). The van der Waals surface area contributed by atoms with E-state index in [2.05, 4.69) is 62.8 Å². The molecule has 37 heteroatoms. The van der Waals surface area contributed by atoms with Gasteiger partial charge in [0.15, 0.2) is 17.5 Å². The maximum absolute atomic E-state index is 13.3. The third-order valence-corrected chi connectivity index (χ3v) is 15.0. The van der Waals surface area contributed by atoms with Crippen molar-refractivity contribution in [3.63, 3.8) is 0 Å². The van der Waals surface area contributed by atoms with Crippen LogP contribution in [0.3, 0.4) is 0 Å². The van der Waals surface area contributed by atoms with Gasteiger partial charge in [-0.25, -0.2) is 19.7 Å². The molecule has 0 aliphatic carbocycles. The fourth-order valence-electron chi connectivity index (χ4n) is 9.63. The normalized spacial score (nSPS) is 11.0. The van der Waals surface area contributed by atoms with Crippen molar-refractivity contribution in [2.24, 2.45) is 35.2 Å². The highest BCUT2D eigenvalue weighted by molar-refractivity contribution is 6.05. The van der Waals surface area contributed by atoms with Gasteiger partial charge >= 0.3 is 6.09 Å². The fraction of sp³-hybridized carbons (Fsp3) is 0.457. The summed E-state index contributed by atoms with van der Waals surface area (Å²) in [4.78, 5) is 127. The molecule has 0 spiro atoms. The van der Waals surface area contributed by atoms with Gasteiger partial charge < -0.3 is 117 Å². The molecule has 0 fully saturated rings. The lowest BCUT2D eigenvalue weighted by atomic mass is 10.2. The predicted molar refractivity (Wildman–Crippen MR) is 387 cm³/mol. The molecule has 0 saturated carbocycles. The number of carbonyl (C=O) groups excluding carboxylic acids is 9. The minimum absolute atomic E-state index is 0.00275. The largest absolute Gasteiger partial charge is 0.491 e. The van der Waals surface area contributed by atoms with Crippen LogP contribution in [0.1, 0.15) is 77.7 Å². The summed E-state index contributed by atoms with van der Waals surface area (Å²) in [7, 11) is 8.04. The Morgan fingerprint density at radius 2 is 0.776 bits per heavy atom. The maximum Gasteiger partial charge on any atom is 0.411 e. The Labute approximate surface area is 617 Å². The van der Waals surface area contributed by atoms with Crippen LogP contribution in [0.2, 0.25) is 0 Å². The molecule has 9 N–H and O–H groups in total. The molecule has 7 aromatic rings. The average molecular weight is 1490 g/mol. The molecule has 580 valence electrons. The summed E-state index contributed by atoms with van der Waals surface area (Å²) < 4.78 is 68.1. The summed E-state index contributed by atoms with van der Waals surface area (Å²) in [6.45, 7) is 7.95. The Kier molecular flexibility index (Phi) is 36.5. The number of hydrogen-bond donors (Lipinski definition) is 9. The molecular formula is C70H95N17O20. The van der Waals surface area contributed by atoms with E-state index in [9.17, 15) is 43.2 Å². The lowest BCUT2D eigenvalue weighted by Gasteiger charge is -2.10. The van der Waals surface area contributed by atoms with Crippen LogP contribution in [0.4, 0.5) is 33.5 Å². The van der Waals surface area contributed by atoms with Crippen molar-refractivity contribution in [3.8, 4) is 5.75 Å². The Balaban J connectivity index is 0.596.